The Bertz CT molecular complexity index is 1430. The SMILES string of the molecule is COC(=O)c1ccccc1Sc1nc(Nc2cc(C)c(C3CCN(C)CC3)cc2OC)nc2ccsc12. The quantitative estimate of drug-likeness (QED) is 0.213. The Morgan fingerprint density at radius 2 is 1.92 bits per heavy atom. The summed E-state index contributed by atoms with van der Waals surface area (Å²) < 4.78 is 11.7. The number of ether oxygens (including phenoxy) is 2. The van der Waals surface area contributed by atoms with Crippen molar-refractivity contribution in [3.05, 3.63) is 64.5 Å². The lowest BCUT2D eigenvalue weighted by atomic mass is 9.86. The number of rotatable bonds is 7. The van der Waals surface area contributed by atoms with E-state index in [0.29, 0.717) is 17.4 Å². The van der Waals surface area contributed by atoms with Crippen molar-refractivity contribution in [3.63, 3.8) is 0 Å². The van der Waals surface area contributed by atoms with E-state index in [1.54, 1.807) is 24.5 Å². The van der Waals surface area contributed by atoms with E-state index in [-0.39, 0.29) is 5.97 Å². The van der Waals surface area contributed by atoms with Crippen molar-refractivity contribution >= 4 is 50.9 Å². The van der Waals surface area contributed by atoms with Crippen LogP contribution in [0, 0.1) is 6.92 Å². The fourth-order valence-corrected chi connectivity index (χ4v) is 6.68. The maximum absolute atomic E-state index is 12.3. The molecule has 0 atom stereocenters. The fourth-order valence-electron chi connectivity index (χ4n) is 4.75. The molecule has 1 saturated heterocycles. The number of fused-ring (bicyclic) bond motifs is 1. The number of anilines is 2. The Morgan fingerprint density at radius 3 is 2.68 bits per heavy atom. The fraction of sp³-hybridized carbons (Fsp3) is 0.321. The molecule has 0 radical (unpaired) electrons. The Hall–Kier alpha value is -3.14. The molecule has 5 rings (SSSR count). The van der Waals surface area contributed by atoms with Crippen LogP contribution >= 0.6 is 23.1 Å². The highest BCUT2D eigenvalue weighted by Crippen LogP contribution is 2.39. The number of hydrogen-bond acceptors (Lipinski definition) is 9. The third-order valence-corrected chi connectivity index (χ3v) is 8.87. The van der Waals surface area contributed by atoms with Gasteiger partial charge in [0.25, 0.3) is 0 Å². The lowest BCUT2D eigenvalue weighted by molar-refractivity contribution is 0.0597. The highest BCUT2D eigenvalue weighted by molar-refractivity contribution is 7.99. The van der Waals surface area contributed by atoms with Gasteiger partial charge < -0.3 is 19.7 Å². The Labute approximate surface area is 225 Å². The second kappa shape index (κ2) is 11.1. The van der Waals surface area contributed by atoms with Crippen LogP contribution in [0.2, 0.25) is 0 Å². The second-order valence-corrected chi connectivity index (χ2v) is 11.1. The van der Waals surface area contributed by atoms with E-state index in [9.17, 15) is 4.79 Å². The van der Waals surface area contributed by atoms with Gasteiger partial charge in [-0.1, -0.05) is 23.9 Å². The number of likely N-dealkylation sites (tertiary alicyclic amines) is 1. The number of carbonyl (C=O) groups excluding carboxylic acids is 1. The third kappa shape index (κ3) is 5.44. The van der Waals surface area contributed by atoms with Crippen molar-refractivity contribution < 1.29 is 14.3 Å². The molecule has 1 fully saturated rings. The summed E-state index contributed by atoms with van der Waals surface area (Å²) in [5.41, 5.74) is 4.77. The van der Waals surface area contributed by atoms with Gasteiger partial charge in [-0.3, -0.25) is 0 Å². The molecule has 2 aromatic carbocycles. The van der Waals surface area contributed by atoms with Crippen LogP contribution in [-0.2, 0) is 4.74 Å². The summed E-state index contributed by atoms with van der Waals surface area (Å²) in [5.74, 6) is 1.42. The zero-order chi connectivity index (χ0) is 25.9. The molecule has 0 amide bonds. The van der Waals surface area contributed by atoms with Gasteiger partial charge in [0.2, 0.25) is 5.95 Å². The van der Waals surface area contributed by atoms with Crippen LogP contribution in [0.15, 0.2) is 57.8 Å². The van der Waals surface area contributed by atoms with Gasteiger partial charge >= 0.3 is 5.97 Å². The molecule has 0 saturated carbocycles. The highest BCUT2D eigenvalue weighted by atomic mass is 32.2. The molecule has 0 bridgehead atoms. The van der Waals surface area contributed by atoms with E-state index in [1.807, 2.05) is 29.6 Å². The zero-order valence-corrected chi connectivity index (χ0v) is 23.0. The van der Waals surface area contributed by atoms with Crippen molar-refractivity contribution in [3.8, 4) is 5.75 Å². The molecule has 9 heteroatoms. The molecule has 192 valence electrons. The zero-order valence-electron chi connectivity index (χ0n) is 21.4. The molecule has 0 unspecified atom stereocenters. The number of carbonyl (C=O) groups is 1. The summed E-state index contributed by atoms with van der Waals surface area (Å²) in [6.07, 6.45) is 2.30. The number of benzene rings is 2. The van der Waals surface area contributed by atoms with Crippen LogP contribution in [-0.4, -0.2) is 55.2 Å². The minimum absolute atomic E-state index is 0.372. The molecule has 0 aliphatic carbocycles. The van der Waals surface area contributed by atoms with Gasteiger partial charge in [0, 0.05) is 4.90 Å². The first-order chi connectivity index (χ1) is 18.0. The van der Waals surface area contributed by atoms with E-state index < -0.39 is 0 Å². The van der Waals surface area contributed by atoms with E-state index >= 15 is 0 Å². The Balaban J connectivity index is 1.47. The Morgan fingerprint density at radius 1 is 1.14 bits per heavy atom. The topological polar surface area (TPSA) is 76.6 Å². The number of aromatic nitrogens is 2. The summed E-state index contributed by atoms with van der Waals surface area (Å²) in [7, 11) is 5.27. The average Bonchev–Trinajstić information content (AvgIpc) is 3.38. The van der Waals surface area contributed by atoms with Gasteiger partial charge in [-0.05, 0) is 92.7 Å². The van der Waals surface area contributed by atoms with Crippen LogP contribution in [0.3, 0.4) is 0 Å². The van der Waals surface area contributed by atoms with Gasteiger partial charge in [-0.25, -0.2) is 14.8 Å². The number of methoxy groups -OCH3 is 2. The predicted molar refractivity (Wildman–Crippen MR) is 150 cm³/mol. The number of piperidine rings is 1. The Kier molecular flexibility index (Phi) is 7.64. The molecule has 3 heterocycles. The van der Waals surface area contributed by atoms with Crippen molar-refractivity contribution in [1.82, 2.24) is 14.9 Å². The predicted octanol–water partition coefficient (Wildman–Crippen LogP) is 6.50. The molecule has 1 aliphatic rings. The number of hydrogen-bond donors (Lipinski definition) is 1. The van der Waals surface area contributed by atoms with Gasteiger partial charge in [-0.2, -0.15) is 0 Å². The normalized spacial score (nSPS) is 14.6. The largest absolute Gasteiger partial charge is 0.495 e. The first kappa shape index (κ1) is 25.5. The summed E-state index contributed by atoms with van der Waals surface area (Å²) in [6.45, 7) is 4.38. The van der Waals surface area contributed by atoms with Crippen LogP contribution in [0.4, 0.5) is 11.6 Å². The van der Waals surface area contributed by atoms with Crippen LogP contribution in [0.25, 0.3) is 10.2 Å². The first-order valence-electron chi connectivity index (χ1n) is 12.2. The number of nitrogens with one attached hydrogen (secondary N) is 1. The average molecular weight is 535 g/mol. The molecule has 4 aromatic rings. The van der Waals surface area contributed by atoms with Crippen molar-refractivity contribution in [1.29, 1.82) is 0 Å². The summed E-state index contributed by atoms with van der Waals surface area (Å²) >= 11 is 3.01. The van der Waals surface area contributed by atoms with Gasteiger partial charge in [-0.15, -0.1) is 11.3 Å². The standard InChI is InChI=1S/C28H30N4O3S2/c1-17-15-22(23(34-3)16-20(17)18-9-12-32(2)13-10-18)30-28-29-21-11-14-36-25(21)26(31-28)37-24-8-6-5-7-19(24)27(33)35-4/h5-8,11,14-16,18H,9-10,12-13H2,1-4H3,(H,29,30,31). The third-order valence-electron chi connectivity index (χ3n) is 6.76. The number of thiophene rings is 1. The molecular formula is C28H30N4O3S2. The van der Waals surface area contributed by atoms with E-state index in [1.165, 1.54) is 30.0 Å². The molecule has 37 heavy (non-hydrogen) atoms. The lowest BCUT2D eigenvalue weighted by Gasteiger charge is -2.30. The van der Waals surface area contributed by atoms with Gasteiger partial charge in [0.1, 0.15) is 10.8 Å². The van der Waals surface area contributed by atoms with E-state index in [2.05, 4.69) is 36.3 Å². The smallest absolute Gasteiger partial charge is 0.339 e. The molecular weight excluding hydrogens is 504 g/mol. The van der Waals surface area contributed by atoms with E-state index in [4.69, 9.17) is 19.4 Å². The summed E-state index contributed by atoms with van der Waals surface area (Å²) in [6, 6.07) is 13.7. The summed E-state index contributed by atoms with van der Waals surface area (Å²) in [5, 5.41) is 6.18. The second-order valence-electron chi connectivity index (χ2n) is 9.19. The monoisotopic (exact) mass is 534 g/mol. The van der Waals surface area contributed by atoms with Gasteiger partial charge in [0.05, 0.1) is 35.7 Å². The van der Waals surface area contributed by atoms with Crippen LogP contribution < -0.4 is 10.1 Å². The number of aryl methyl sites for hydroxylation is 1. The number of esters is 1. The lowest BCUT2D eigenvalue weighted by Crippen LogP contribution is -2.29. The maximum atomic E-state index is 12.3. The van der Waals surface area contributed by atoms with Crippen molar-refractivity contribution in [2.75, 3.05) is 39.7 Å². The molecule has 2 aromatic heterocycles. The maximum Gasteiger partial charge on any atom is 0.339 e. The van der Waals surface area contributed by atoms with Crippen LogP contribution in [0.5, 0.6) is 5.75 Å². The van der Waals surface area contributed by atoms with E-state index in [0.717, 1.165) is 57.5 Å². The molecule has 1 N–H and O–H groups in total. The van der Waals surface area contributed by atoms with Crippen molar-refractivity contribution in [2.24, 2.45) is 0 Å². The van der Waals surface area contributed by atoms with Gasteiger partial charge in [0.15, 0.2) is 0 Å². The first-order valence-corrected chi connectivity index (χ1v) is 13.9. The van der Waals surface area contributed by atoms with Crippen molar-refractivity contribution in [2.45, 2.75) is 35.6 Å². The van der Waals surface area contributed by atoms with Crippen LogP contribution in [0.1, 0.15) is 40.2 Å². The molecule has 7 nitrogen and oxygen atoms in total. The molecule has 1 aliphatic heterocycles. The molecule has 0 spiro atoms. The summed E-state index contributed by atoms with van der Waals surface area (Å²) in [4.78, 5) is 25.1. The minimum atomic E-state index is -0.372. The number of nitrogens with zero attached hydrogens (tertiary/aromatic N) is 3. The minimum Gasteiger partial charge on any atom is -0.495 e. The highest BCUT2D eigenvalue weighted by Gasteiger charge is 2.22.